The van der Waals surface area contributed by atoms with E-state index in [0.29, 0.717) is 6.04 Å². The van der Waals surface area contributed by atoms with Crippen LogP contribution in [-0.4, -0.2) is 15.2 Å². The third-order valence-corrected chi connectivity index (χ3v) is 3.51. The number of hydrogen-bond donors (Lipinski definition) is 1. The summed E-state index contributed by atoms with van der Waals surface area (Å²) >= 11 is 0. The fraction of sp³-hybridized carbons (Fsp3) is 0.462. The van der Waals surface area contributed by atoms with E-state index in [2.05, 4.69) is 17.4 Å². The molecule has 0 atom stereocenters. The minimum atomic E-state index is 0. The SMILES string of the molecule is Cl.Cn1c(=O)n(C)c2cc(CNC3CC3)ccc21. The van der Waals surface area contributed by atoms with Crippen LogP contribution in [-0.2, 0) is 20.6 Å². The zero-order valence-electron chi connectivity index (χ0n) is 10.6. The molecule has 18 heavy (non-hydrogen) atoms. The number of nitrogens with zero attached hydrogens (tertiary/aromatic N) is 2. The number of aromatic nitrogens is 2. The largest absolute Gasteiger partial charge is 0.328 e. The van der Waals surface area contributed by atoms with Crippen molar-refractivity contribution in [2.75, 3.05) is 0 Å². The van der Waals surface area contributed by atoms with E-state index in [1.807, 2.05) is 20.2 Å². The van der Waals surface area contributed by atoms with E-state index >= 15 is 0 Å². The van der Waals surface area contributed by atoms with E-state index in [0.717, 1.165) is 17.6 Å². The first-order chi connectivity index (χ1) is 8.16. The third kappa shape index (κ3) is 2.18. The molecule has 1 aliphatic carbocycles. The maximum absolute atomic E-state index is 11.8. The Morgan fingerprint density at radius 1 is 1.22 bits per heavy atom. The van der Waals surface area contributed by atoms with Crippen molar-refractivity contribution in [1.82, 2.24) is 14.5 Å². The molecule has 1 aromatic heterocycles. The fourth-order valence-corrected chi connectivity index (χ4v) is 2.21. The highest BCUT2D eigenvalue weighted by atomic mass is 35.5. The van der Waals surface area contributed by atoms with E-state index in [9.17, 15) is 4.79 Å². The van der Waals surface area contributed by atoms with Crippen molar-refractivity contribution in [2.24, 2.45) is 14.1 Å². The number of aryl methyl sites for hydroxylation is 2. The number of benzene rings is 1. The Morgan fingerprint density at radius 2 is 1.89 bits per heavy atom. The Hall–Kier alpha value is -1.26. The first-order valence-electron chi connectivity index (χ1n) is 6.04. The molecule has 4 nitrogen and oxygen atoms in total. The van der Waals surface area contributed by atoms with Gasteiger partial charge in [0.15, 0.2) is 0 Å². The molecule has 1 aliphatic rings. The van der Waals surface area contributed by atoms with Crippen LogP contribution in [0.3, 0.4) is 0 Å². The molecule has 1 heterocycles. The molecule has 1 N–H and O–H groups in total. The summed E-state index contributed by atoms with van der Waals surface area (Å²) in [7, 11) is 3.63. The fourth-order valence-electron chi connectivity index (χ4n) is 2.21. The van der Waals surface area contributed by atoms with Crippen molar-refractivity contribution in [2.45, 2.75) is 25.4 Å². The Bertz CT molecular complexity index is 625. The molecule has 0 bridgehead atoms. The van der Waals surface area contributed by atoms with Gasteiger partial charge in [-0.1, -0.05) is 6.07 Å². The van der Waals surface area contributed by atoms with Crippen molar-refractivity contribution in [3.05, 3.63) is 34.2 Å². The molecule has 0 amide bonds. The van der Waals surface area contributed by atoms with E-state index in [1.54, 1.807) is 9.13 Å². The molecule has 2 aromatic rings. The first-order valence-corrected chi connectivity index (χ1v) is 6.04. The van der Waals surface area contributed by atoms with Crippen molar-refractivity contribution < 1.29 is 0 Å². The molecule has 0 aliphatic heterocycles. The number of fused-ring (bicyclic) bond motifs is 1. The second kappa shape index (κ2) is 4.78. The van der Waals surface area contributed by atoms with Crippen LogP contribution < -0.4 is 11.0 Å². The van der Waals surface area contributed by atoms with Gasteiger partial charge in [-0.3, -0.25) is 9.13 Å². The van der Waals surface area contributed by atoms with Crippen molar-refractivity contribution in [3.63, 3.8) is 0 Å². The molecule has 5 heteroatoms. The summed E-state index contributed by atoms with van der Waals surface area (Å²) in [5.74, 6) is 0. The van der Waals surface area contributed by atoms with Gasteiger partial charge in [0.1, 0.15) is 0 Å². The van der Waals surface area contributed by atoms with Gasteiger partial charge >= 0.3 is 5.69 Å². The maximum atomic E-state index is 11.8. The quantitative estimate of drug-likeness (QED) is 0.917. The minimum absolute atomic E-state index is 0. The molecule has 0 radical (unpaired) electrons. The Balaban J connectivity index is 0.00000120. The first kappa shape index (κ1) is 13.2. The van der Waals surface area contributed by atoms with Crippen LogP contribution in [0.5, 0.6) is 0 Å². The second-order valence-corrected chi connectivity index (χ2v) is 4.88. The molecule has 0 unspecified atom stereocenters. The molecule has 1 saturated carbocycles. The van der Waals surface area contributed by atoms with Crippen molar-refractivity contribution in [3.8, 4) is 0 Å². The lowest BCUT2D eigenvalue weighted by Gasteiger charge is -2.04. The van der Waals surface area contributed by atoms with Crippen LogP contribution in [0.4, 0.5) is 0 Å². The number of nitrogens with one attached hydrogen (secondary N) is 1. The van der Waals surface area contributed by atoms with Gasteiger partial charge in [0.2, 0.25) is 0 Å². The summed E-state index contributed by atoms with van der Waals surface area (Å²) in [4.78, 5) is 11.8. The number of imidazole rings is 1. The van der Waals surface area contributed by atoms with Crippen LogP contribution in [0.15, 0.2) is 23.0 Å². The second-order valence-electron chi connectivity index (χ2n) is 4.88. The highest BCUT2D eigenvalue weighted by Crippen LogP contribution is 2.20. The standard InChI is InChI=1S/C13H17N3O.ClH/c1-15-11-6-3-9(8-14-10-4-5-10)7-12(11)16(2)13(15)17;/h3,6-7,10,14H,4-5,8H2,1-2H3;1H. The lowest BCUT2D eigenvalue weighted by molar-refractivity contribution is 0.688. The van der Waals surface area contributed by atoms with Gasteiger partial charge in [-0.25, -0.2) is 4.79 Å². The van der Waals surface area contributed by atoms with Gasteiger partial charge in [-0.2, -0.15) is 0 Å². The predicted molar refractivity (Wildman–Crippen MR) is 75.3 cm³/mol. The normalized spacial score (nSPS) is 14.8. The lowest BCUT2D eigenvalue weighted by atomic mass is 10.2. The molecular weight excluding hydrogens is 250 g/mol. The highest BCUT2D eigenvalue weighted by molar-refractivity contribution is 5.85. The van der Waals surface area contributed by atoms with Gasteiger partial charge in [0, 0.05) is 26.7 Å². The van der Waals surface area contributed by atoms with Crippen LogP contribution in [0, 0.1) is 0 Å². The zero-order chi connectivity index (χ0) is 12.0. The van der Waals surface area contributed by atoms with E-state index in [1.165, 1.54) is 18.4 Å². The summed E-state index contributed by atoms with van der Waals surface area (Å²) < 4.78 is 3.39. The molecule has 98 valence electrons. The number of halogens is 1. The van der Waals surface area contributed by atoms with E-state index < -0.39 is 0 Å². The molecular formula is C13H18ClN3O. The number of rotatable bonds is 3. The molecule has 0 spiro atoms. The average Bonchev–Trinajstić information content (AvgIpc) is 3.14. The van der Waals surface area contributed by atoms with Crippen LogP contribution in [0.2, 0.25) is 0 Å². The summed E-state index contributed by atoms with van der Waals surface area (Å²) in [5.41, 5.74) is 3.28. The smallest absolute Gasteiger partial charge is 0.310 e. The monoisotopic (exact) mass is 267 g/mol. The van der Waals surface area contributed by atoms with Gasteiger partial charge < -0.3 is 5.32 Å². The number of hydrogen-bond acceptors (Lipinski definition) is 2. The van der Waals surface area contributed by atoms with Crippen molar-refractivity contribution >= 4 is 23.4 Å². The summed E-state index contributed by atoms with van der Waals surface area (Å²) in [6.07, 6.45) is 2.60. The lowest BCUT2D eigenvalue weighted by Crippen LogP contribution is -2.19. The summed E-state index contributed by atoms with van der Waals surface area (Å²) in [6, 6.07) is 6.94. The van der Waals surface area contributed by atoms with Crippen molar-refractivity contribution in [1.29, 1.82) is 0 Å². The summed E-state index contributed by atoms with van der Waals surface area (Å²) in [6.45, 7) is 0.893. The molecule has 3 rings (SSSR count). The maximum Gasteiger partial charge on any atom is 0.328 e. The van der Waals surface area contributed by atoms with E-state index in [-0.39, 0.29) is 18.1 Å². The van der Waals surface area contributed by atoms with Gasteiger partial charge in [-0.05, 0) is 30.5 Å². The highest BCUT2D eigenvalue weighted by Gasteiger charge is 2.20. The summed E-state index contributed by atoms with van der Waals surface area (Å²) in [5, 5.41) is 3.48. The Labute approximate surface area is 112 Å². The zero-order valence-corrected chi connectivity index (χ0v) is 11.5. The minimum Gasteiger partial charge on any atom is -0.310 e. The van der Waals surface area contributed by atoms with E-state index in [4.69, 9.17) is 0 Å². The Morgan fingerprint density at radius 3 is 2.56 bits per heavy atom. The third-order valence-electron chi connectivity index (χ3n) is 3.51. The predicted octanol–water partition coefficient (Wildman–Crippen LogP) is 1.55. The topological polar surface area (TPSA) is 39.0 Å². The molecule has 1 fully saturated rings. The van der Waals surface area contributed by atoms with Gasteiger partial charge in [0.25, 0.3) is 0 Å². The average molecular weight is 268 g/mol. The Kier molecular flexibility index (Phi) is 3.50. The van der Waals surface area contributed by atoms with Crippen LogP contribution in [0.25, 0.3) is 11.0 Å². The van der Waals surface area contributed by atoms with Crippen LogP contribution >= 0.6 is 12.4 Å². The van der Waals surface area contributed by atoms with Gasteiger partial charge in [0.05, 0.1) is 11.0 Å². The molecule has 0 saturated heterocycles. The van der Waals surface area contributed by atoms with Crippen LogP contribution in [0.1, 0.15) is 18.4 Å². The van der Waals surface area contributed by atoms with Gasteiger partial charge in [-0.15, -0.1) is 12.4 Å². The molecule has 1 aromatic carbocycles.